The fourth-order valence-electron chi connectivity index (χ4n) is 3.27. The SMILES string of the molecule is Cc1ccccc1NC(=O)c1c(NC(=O)C(C)(C)C)sc2c1CCC(C)C2. The van der Waals surface area contributed by atoms with Gasteiger partial charge in [-0.3, -0.25) is 9.59 Å². The molecule has 1 atom stereocenters. The lowest BCUT2D eigenvalue weighted by molar-refractivity contribution is -0.123. The number of hydrogen-bond acceptors (Lipinski definition) is 3. The first kappa shape index (κ1) is 19.6. The second kappa shape index (κ2) is 7.47. The molecule has 0 radical (unpaired) electrons. The Morgan fingerprint density at radius 1 is 1.15 bits per heavy atom. The zero-order valence-electron chi connectivity index (χ0n) is 16.7. The summed E-state index contributed by atoms with van der Waals surface area (Å²) in [6.07, 6.45) is 2.92. The van der Waals surface area contributed by atoms with Crippen molar-refractivity contribution < 1.29 is 9.59 Å². The highest BCUT2D eigenvalue weighted by molar-refractivity contribution is 7.17. The summed E-state index contributed by atoms with van der Waals surface area (Å²) in [5.41, 5.74) is 3.06. The van der Waals surface area contributed by atoms with Crippen LogP contribution >= 0.6 is 11.3 Å². The Labute approximate surface area is 165 Å². The molecule has 27 heavy (non-hydrogen) atoms. The smallest absolute Gasteiger partial charge is 0.258 e. The van der Waals surface area contributed by atoms with Crippen molar-refractivity contribution in [3.05, 3.63) is 45.8 Å². The van der Waals surface area contributed by atoms with E-state index in [2.05, 4.69) is 17.6 Å². The van der Waals surface area contributed by atoms with E-state index in [9.17, 15) is 9.59 Å². The highest BCUT2D eigenvalue weighted by Gasteiger charge is 2.30. The first-order valence-corrected chi connectivity index (χ1v) is 10.3. The summed E-state index contributed by atoms with van der Waals surface area (Å²) < 4.78 is 0. The normalized spacial score (nSPS) is 16.6. The van der Waals surface area contributed by atoms with Crippen LogP contribution in [0.3, 0.4) is 0 Å². The number of carbonyl (C=O) groups excluding carboxylic acids is 2. The number of nitrogens with one attached hydrogen (secondary N) is 2. The summed E-state index contributed by atoms with van der Waals surface area (Å²) in [5.74, 6) is 0.397. The Morgan fingerprint density at radius 2 is 1.85 bits per heavy atom. The molecular formula is C22H28N2O2S. The molecule has 5 heteroatoms. The first-order chi connectivity index (χ1) is 12.7. The number of amides is 2. The first-order valence-electron chi connectivity index (χ1n) is 9.49. The quantitative estimate of drug-likeness (QED) is 0.742. The number of aryl methyl sites for hydroxylation is 1. The van der Waals surface area contributed by atoms with Gasteiger partial charge in [0.2, 0.25) is 5.91 Å². The lowest BCUT2D eigenvalue weighted by Gasteiger charge is -2.19. The van der Waals surface area contributed by atoms with Crippen molar-refractivity contribution in [3.63, 3.8) is 0 Å². The van der Waals surface area contributed by atoms with Gasteiger partial charge in [0.1, 0.15) is 5.00 Å². The molecule has 1 heterocycles. The summed E-state index contributed by atoms with van der Waals surface area (Å²) in [4.78, 5) is 27.0. The van der Waals surface area contributed by atoms with E-state index >= 15 is 0 Å². The number of benzene rings is 1. The summed E-state index contributed by atoms with van der Waals surface area (Å²) in [7, 11) is 0. The standard InChI is InChI=1S/C22H28N2O2S/c1-13-10-11-15-17(12-13)27-20(24-21(26)22(3,4)5)18(15)19(25)23-16-9-7-6-8-14(16)2/h6-9,13H,10-12H2,1-5H3,(H,23,25)(H,24,26). The molecule has 1 unspecified atom stereocenters. The van der Waals surface area contributed by atoms with Crippen molar-refractivity contribution in [1.82, 2.24) is 0 Å². The molecular weight excluding hydrogens is 356 g/mol. The van der Waals surface area contributed by atoms with Crippen molar-refractivity contribution >= 4 is 33.8 Å². The molecule has 0 saturated heterocycles. The van der Waals surface area contributed by atoms with Gasteiger partial charge in [0.25, 0.3) is 5.91 Å². The van der Waals surface area contributed by atoms with E-state index in [0.717, 1.165) is 36.1 Å². The number of para-hydroxylation sites is 1. The van der Waals surface area contributed by atoms with Gasteiger partial charge in [-0.15, -0.1) is 11.3 Å². The topological polar surface area (TPSA) is 58.2 Å². The predicted molar refractivity (Wildman–Crippen MR) is 113 cm³/mol. The molecule has 1 aromatic carbocycles. The molecule has 1 aromatic heterocycles. The van der Waals surface area contributed by atoms with Gasteiger partial charge >= 0.3 is 0 Å². The number of thiophene rings is 1. The van der Waals surface area contributed by atoms with Gasteiger partial charge in [-0.05, 0) is 49.3 Å². The molecule has 1 aliphatic carbocycles. The number of hydrogen-bond donors (Lipinski definition) is 2. The van der Waals surface area contributed by atoms with Crippen molar-refractivity contribution in [2.24, 2.45) is 11.3 Å². The molecule has 0 fully saturated rings. The molecule has 2 amide bonds. The van der Waals surface area contributed by atoms with Gasteiger partial charge in [-0.1, -0.05) is 45.9 Å². The number of rotatable bonds is 3. The van der Waals surface area contributed by atoms with Gasteiger partial charge in [0.15, 0.2) is 0 Å². The monoisotopic (exact) mass is 384 g/mol. The molecule has 0 spiro atoms. The van der Waals surface area contributed by atoms with E-state index in [4.69, 9.17) is 0 Å². The van der Waals surface area contributed by atoms with Crippen LogP contribution in [-0.2, 0) is 17.6 Å². The molecule has 1 aliphatic rings. The van der Waals surface area contributed by atoms with Crippen LogP contribution in [0.4, 0.5) is 10.7 Å². The van der Waals surface area contributed by atoms with Gasteiger partial charge in [0.05, 0.1) is 5.56 Å². The van der Waals surface area contributed by atoms with Gasteiger partial charge < -0.3 is 10.6 Å². The van der Waals surface area contributed by atoms with E-state index < -0.39 is 5.41 Å². The molecule has 4 nitrogen and oxygen atoms in total. The highest BCUT2D eigenvalue weighted by Crippen LogP contribution is 2.40. The van der Waals surface area contributed by atoms with Crippen molar-refractivity contribution in [2.45, 2.75) is 53.9 Å². The number of fused-ring (bicyclic) bond motifs is 1. The number of anilines is 2. The van der Waals surface area contributed by atoms with Crippen molar-refractivity contribution in [2.75, 3.05) is 10.6 Å². The van der Waals surface area contributed by atoms with Gasteiger partial charge in [-0.25, -0.2) is 0 Å². The summed E-state index contributed by atoms with van der Waals surface area (Å²) in [6, 6.07) is 7.74. The maximum atomic E-state index is 13.2. The Balaban J connectivity index is 1.98. The minimum atomic E-state index is -0.512. The van der Waals surface area contributed by atoms with E-state index in [1.807, 2.05) is 52.0 Å². The van der Waals surface area contributed by atoms with Crippen LogP contribution < -0.4 is 10.6 Å². The van der Waals surface area contributed by atoms with E-state index in [1.54, 1.807) is 11.3 Å². The largest absolute Gasteiger partial charge is 0.322 e. The van der Waals surface area contributed by atoms with Crippen LogP contribution in [0.2, 0.25) is 0 Å². The maximum absolute atomic E-state index is 13.2. The third kappa shape index (κ3) is 4.24. The zero-order valence-corrected chi connectivity index (χ0v) is 17.5. The average molecular weight is 385 g/mol. The summed E-state index contributed by atoms with van der Waals surface area (Å²) in [5, 5.41) is 6.75. The van der Waals surface area contributed by atoms with E-state index in [-0.39, 0.29) is 11.8 Å². The molecule has 0 saturated carbocycles. The third-order valence-electron chi connectivity index (χ3n) is 5.04. The molecule has 3 rings (SSSR count). The molecule has 2 N–H and O–H groups in total. The average Bonchev–Trinajstić information content (AvgIpc) is 2.93. The van der Waals surface area contributed by atoms with E-state index in [0.29, 0.717) is 16.5 Å². The summed E-state index contributed by atoms with van der Waals surface area (Å²) in [6.45, 7) is 9.85. The number of carbonyl (C=O) groups is 2. The van der Waals surface area contributed by atoms with Crippen LogP contribution in [0.15, 0.2) is 24.3 Å². The molecule has 0 bridgehead atoms. The van der Waals surface area contributed by atoms with Gasteiger partial charge in [0, 0.05) is 16.0 Å². The van der Waals surface area contributed by atoms with Crippen molar-refractivity contribution in [3.8, 4) is 0 Å². The minimum absolute atomic E-state index is 0.0703. The minimum Gasteiger partial charge on any atom is -0.322 e. The van der Waals surface area contributed by atoms with Crippen LogP contribution in [-0.4, -0.2) is 11.8 Å². The van der Waals surface area contributed by atoms with Crippen LogP contribution in [0.5, 0.6) is 0 Å². The molecule has 144 valence electrons. The van der Waals surface area contributed by atoms with Crippen molar-refractivity contribution in [1.29, 1.82) is 0 Å². The lowest BCUT2D eigenvalue weighted by Crippen LogP contribution is -2.28. The second-order valence-electron chi connectivity index (χ2n) is 8.53. The maximum Gasteiger partial charge on any atom is 0.258 e. The highest BCUT2D eigenvalue weighted by atomic mass is 32.1. The lowest BCUT2D eigenvalue weighted by atomic mass is 9.88. The fraction of sp³-hybridized carbons (Fsp3) is 0.455. The fourth-order valence-corrected chi connectivity index (χ4v) is 4.67. The Kier molecular flexibility index (Phi) is 5.43. The Bertz CT molecular complexity index is 877. The zero-order chi connectivity index (χ0) is 19.8. The van der Waals surface area contributed by atoms with Crippen LogP contribution in [0.25, 0.3) is 0 Å². The Hall–Kier alpha value is -2.14. The molecule has 0 aliphatic heterocycles. The predicted octanol–water partition coefficient (Wildman–Crippen LogP) is 5.42. The Morgan fingerprint density at radius 3 is 2.52 bits per heavy atom. The third-order valence-corrected chi connectivity index (χ3v) is 6.21. The molecule has 2 aromatic rings. The van der Waals surface area contributed by atoms with Crippen LogP contribution in [0.1, 0.15) is 60.5 Å². The van der Waals surface area contributed by atoms with Crippen LogP contribution in [0, 0.1) is 18.3 Å². The summed E-state index contributed by atoms with van der Waals surface area (Å²) >= 11 is 1.56. The van der Waals surface area contributed by atoms with Gasteiger partial charge in [-0.2, -0.15) is 0 Å². The second-order valence-corrected chi connectivity index (χ2v) is 9.63. The van der Waals surface area contributed by atoms with E-state index in [1.165, 1.54) is 4.88 Å².